The molecule has 57 heavy (non-hydrogen) atoms. The van der Waals surface area contributed by atoms with E-state index in [2.05, 4.69) is 214 Å². The molecule has 9 aromatic carbocycles. The van der Waals surface area contributed by atoms with Gasteiger partial charge in [-0.15, -0.1) is 0 Å². The van der Waals surface area contributed by atoms with Gasteiger partial charge in [-0.05, 0) is 95.1 Å². The second kappa shape index (κ2) is 11.5. The first kappa shape index (κ1) is 30.7. The molecule has 0 bridgehead atoms. The molecule has 13 rings (SSSR count). The summed E-state index contributed by atoms with van der Waals surface area (Å²) in [5.74, 6) is 0. The maximum absolute atomic E-state index is 2.54. The molecule has 264 valence electrons. The van der Waals surface area contributed by atoms with Crippen molar-refractivity contribution in [2.24, 2.45) is 0 Å². The van der Waals surface area contributed by atoms with Crippen molar-refractivity contribution in [2.75, 3.05) is 4.90 Å². The summed E-state index contributed by atoms with van der Waals surface area (Å²) in [7, 11) is 0. The monoisotopic (exact) mass is 723 g/mol. The fraction of sp³-hybridized carbons (Fsp3) is 0. The van der Waals surface area contributed by atoms with Crippen LogP contribution in [0.25, 0.3) is 98.4 Å². The first-order valence-electron chi connectivity index (χ1n) is 19.7. The minimum absolute atomic E-state index is 1.13. The van der Waals surface area contributed by atoms with E-state index in [0.717, 1.165) is 11.4 Å². The molecule has 4 heterocycles. The topological polar surface area (TPSA) is 12.1 Å². The van der Waals surface area contributed by atoms with Crippen molar-refractivity contribution in [3.63, 3.8) is 0 Å². The number of fused-ring (bicyclic) bond motifs is 13. The quantitative estimate of drug-likeness (QED) is 0.172. The zero-order chi connectivity index (χ0) is 37.2. The molecule has 0 atom stereocenters. The van der Waals surface area contributed by atoms with Gasteiger partial charge >= 0.3 is 0 Å². The SMILES string of the molecule is c1ccc(-c2ccc3c(c2)c2cc(-c4ccccc4)cc4c5c6c7c(N(c8ccccc8)c8ccccc8)ccc8c9ccccc9n(c6ccc5n3c24)c87)cc1. The Kier molecular flexibility index (Phi) is 6.16. The Hall–Kier alpha value is -7.62. The third-order valence-electron chi connectivity index (χ3n) is 12.3. The lowest BCUT2D eigenvalue weighted by molar-refractivity contribution is 1.30. The lowest BCUT2D eigenvalue weighted by Gasteiger charge is -2.26. The highest BCUT2D eigenvalue weighted by Crippen LogP contribution is 2.52. The van der Waals surface area contributed by atoms with Crippen molar-refractivity contribution < 1.29 is 0 Å². The molecule has 3 heteroatoms. The first-order valence-corrected chi connectivity index (χ1v) is 19.7. The van der Waals surface area contributed by atoms with Crippen molar-refractivity contribution in [2.45, 2.75) is 0 Å². The predicted octanol–water partition coefficient (Wildman–Crippen LogP) is 14.8. The fourth-order valence-electron chi connectivity index (χ4n) is 9.99. The summed E-state index contributed by atoms with van der Waals surface area (Å²) in [5, 5.41) is 10.2. The zero-order valence-corrected chi connectivity index (χ0v) is 30.9. The summed E-state index contributed by atoms with van der Waals surface area (Å²) < 4.78 is 5.07. The van der Waals surface area contributed by atoms with E-state index in [0.29, 0.717) is 0 Å². The van der Waals surface area contributed by atoms with Crippen LogP contribution in [-0.4, -0.2) is 8.80 Å². The summed E-state index contributed by atoms with van der Waals surface area (Å²) in [6.45, 7) is 0. The molecule has 0 amide bonds. The van der Waals surface area contributed by atoms with Crippen LogP contribution in [0.15, 0.2) is 200 Å². The van der Waals surface area contributed by atoms with Gasteiger partial charge < -0.3 is 13.7 Å². The summed E-state index contributed by atoms with van der Waals surface area (Å²) >= 11 is 0. The highest BCUT2D eigenvalue weighted by Gasteiger charge is 2.28. The predicted molar refractivity (Wildman–Crippen MR) is 241 cm³/mol. The molecular formula is C54H33N3. The van der Waals surface area contributed by atoms with Crippen LogP contribution in [0, 0.1) is 0 Å². The number of hydrogen-bond acceptors (Lipinski definition) is 1. The second-order valence-electron chi connectivity index (χ2n) is 15.3. The van der Waals surface area contributed by atoms with Crippen LogP contribution in [0.2, 0.25) is 0 Å². The van der Waals surface area contributed by atoms with E-state index in [1.165, 1.54) is 104 Å². The van der Waals surface area contributed by atoms with Gasteiger partial charge in [0.1, 0.15) is 0 Å². The first-order chi connectivity index (χ1) is 28.3. The van der Waals surface area contributed by atoms with Crippen molar-refractivity contribution in [3.05, 3.63) is 200 Å². The minimum atomic E-state index is 1.13. The molecule has 0 saturated carbocycles. The minimum Gasteiger partial charge on any atom is -0.310 e. The third-order valence-corrected chi connectivity index (χ3v) is 12.3. The molecule has 0 N–H and O–H groups in total. The Morgan fingerprint density at radius 1 is 0.281 bits per heavy atom. The van der Waals surface area contributed by atoms with Crippen molar-refractivity contribution in [3.8, 4) is 22.3 Å². The van der Waals surface area contributed by atoms with Crippen LogP contribution >= 0.6 is 0 Å². The van der Waals surface area contributed by atoms with Gasteiger partial charge in [0, 0.05) is 54.5 Å². The number of nitrogens with zero attached hydrogens (tertiary/aromatic N) is 3. The molecule has 0 aliphatic heterocycles. The third kappa shape index (κ3) is 4.15. The Morgan fingerprint density at radius 2 is 0.807 bits per heavy atom. The molecule has 0 saturated heterocycles. The van der Waals surface area contributed by atoms with E-state index in [1.807, 2.05) is 0 Å². The van der Waals surface area contributed by atoms with Crippen molar-refractivity contribution in [1.82, 2.24) is 8.80 Å². The molecule has 4 aromatic heterocycles. The van der Waals surface area contributed by atoms with Crippen LogP contribution in [0.5, 0.6) is 0 Å². The maximum atomic E-state index is 2.54. The number of hydrogen-bond donors (Lipinski definition) is 0. The molecule has 0 radical (unpaired) electrons. The summed E-state index contributed by atoms with van der Waals surface area (Å²) in [4.78, 5) is 2.44. The number of para-hydroxylation sites is 3. The van der Waals surface area contributed by atoms with Crippen molar-refractivity contribution in [1.29, 1.82) is 0 Å². The Balaban J connectivity index is 1.25. The van der Waals surface area contributed by atoms with Gasteiger partial charge in [-0.25, -0.2) is 0 Å². The average molecular weight is 724 g/mol. The molecule has 0 aliphatic rings. The molecule has 13 aromatic rings. The Morgan fingerprint density at radius 3 is 1.51 bits per heavy atom. The molecule has 0 fully saturated rings. The fourth-order valence-corrected chi connectivity index (χ4v) is 9.99. The molecule has 3 nitrogen and oxygen atoms in total. The highest BCUT2D eigenvalue weighted by molar-refractivity contribution is 6.38. The molecular weight excluding hydrogens is 691 g/mol. The van der Waals surface area contributed by atoms with E-state index in [1.54, 1.807) is 0 Å². The summed E-state index contributed by atoms with van der Waals surface area (Å²) in [5.41, 5.74) is 15.8. The van der Waals surface area contributed by atoms with E-state index in [9.17, 15) is 0 Å². The molecule has 0 spiro atoms. The van der Waals surface area contributed by atoms with E-state index < -0.39 is 0 Å². The van der Waals surface area contributed by atoms with Crippen LogP contribution in [0.4, 0.5) is 17.1 Å². The normalized spacial score (nSPS) is 12.2. The van der Waals surface area contributed by atoms with Crippen LogP contribution in [-0.2, 0) is 0 Å². The highest BCUT2D eigenvalue weighted by atomic mass is 15.1. The standard InChI is InChI=1S/C54H33N3/c1-5-15-34(16-6-1)36-25-27-46-42(31-36)43-32-37(35-17-7-2-8-18-35)33-44-50-47(56(46)53(43)44)29-30-48-51(50)52-49(28-26-41-40-23-13-14-24-45(40)57(48)54(41)52)55(38-19-9-3-10-20-38)39-21-11-4-12-22-39/h1-33H. The molecule has 0 unspecified atom stereocenters. The number of aromatic nitrogens is 2. The van der Waals surface area contributed by atoms with E-state index in [4.69, 9.17) is 0 Å². The average Bonchev–Trinajstić information content (AvgIpc) is 4.01. The Bertz CT molecular complexity index is 3620. The number of rotatable bonds is 5. The number of anilines is 3. The van der Waals surface area contributed by atoms with Gasteiger partial charge in [-0.2, -0.15) is 0 Å². The largest absolute Gasteiger partial charge is 0.310 e. The Labute approximate surface area is 328 Å². The second-order valence-corrected chi connectivity index (χ2v) is 15.3. The van der Waals surface area contributed by atoms with E-state index >= 15 is 0 Å². The van der Waals surface area contributed by atoms with Crippen molar-refractivity contribution >= 4 is 93.3 Å². The maximum Gasteiger partial charge on any atom is 0.0641 e. The van der Waals surface area contributed by atoms with Gasteiger partial charge in [-0.1, -0.05) is 127 Å². The van der Waals surface area contributed by atoms with Gasteiger partial charge in [0.2, 0.25) is 0 Å². The summed E-state index contributed by atoms with van der Waals surface area (Å²) in [6.07, 6.45) is 0. The van der Waals surface area contributed by atoms with Gasteiger partial charge in [0.15, 0.2) is 0 Å². The van der Waals surface area contributed by atoms with Crippen LogP contribution in [0.3, 0.4) is 0 Å². The van der Waals surface area contributed by atoms with Gasteiger partial charge in [-0.3, -0.25) is 0 Å². The van der Waals surface area contributed by atoms with Gasteiger partial charge in [0.25, 0.3) is 0 Å². The van der Waals surface area contributed by atoms with E-state index in [-0.39, 0.29) is 0 Å². The zero-order valence-electron chi connectivity index (χ0n) is 30.9. The van der Waals surface area contributed by atoms with Crippen LogP contribution < -0.4 is 4.90 Å². The lowest BCUT2D eigenvalue weighted by atomic mass is 9.96. The molecule has 0 aliphatic carbocycles. The number of benzene rings is 9. The summed E-state index contributed by atoms with van der Waals surface area (Å²) in [6, 6.07) is 73.5. The smallest absolute Gasteiger partial charge is 0.0641 e. The van der Waals surface area contributed by atoms with Crippen LogP contribution in [0.1, 0.15) is 0 Å². The lowest BCUT2D eigenvalue weighted by Crippen LogP contribution is -2.10. The van der Waals surface area contributed by atoms with Gasteiger partial charge in [0.05, 0.1) is 38.8 Å².